The highest BCUT2D eigenvalue weighted by atomic mass is 19.3. The van der Waals surface area contributed by atoms with E-state index in [4.69, 9.17) is 15.6 Å². The van der Waals surface area contributed by atoms with Crippen LogP contribution in [0.15, 0.2) is 37.1 Å². The number of aliphatic hydroxyl groups is 1. The zero-order valence-electron chi connectivity index (χ0n) is 23.4. The number of hydrogen-bond donors (Lipinski definition) is 3. The minimum absolute atomic E-state index is 0.00668. The number of ether oxygens (including phenoxy) is 1. The molecule has 0 aliphatic carbocycles. The predicted octanol–water partition coefficient (Wildman–Crippen LogP) is 2.73. The fourth-order valence-corrected chi connectivity index (χ4v) is 4.86. The van der Waals surface area contributed by atoms with Crippen LogP contribution in [-0.2, 0) is 6.54 Å². The quantitative estimate of drug-likeness (QED) is 0.297. The first-order chi connectivity index (χ1) is 19.8. The summed E-state index contributed by atoms with van der Waals surface area (Å²) in [4.78, 5) is 18.4. The summed E-state index contributed by atoms with van der Waals surface area (Å²) in [5.41, 5.74) is 11.9. The second-order valence-corrected chi connectivity index (χ2v) is 9.40. The lowest BCUT2D eigenvalue weighted by atomic mass is 9.84. The molecule has 39 heavy (non-hydrogen) atoms. The minimum atomic E-state index is -3.05. The monoisotopic (exact) mass is 549 g/mol. The molecule has 2 atom stereocenters. The Morgan fingerprint density at radius 2 is 2.00 bits per heavy atom. The molecular formula is C25H26F4N8O2. The van der Waals surface area contributed by atoms with Gasteiger partial charge in [-0.25, -0.2) is 32.5 Å². The molecule has 3 aromatic heterocycles. The average Bonchev–Trinajstić information content (AvgIpc) is 3.33. The molecule has 1 saturated heterocycles. The van der Waals surface area contributed by atoms with Crippen molar-refractivity contribution in [2.75, 3.05) is 30.8 Å². The number of methoxy groups -OCH3 is 1. The molecule has 206 valence electrons. The third kappa shape index (κ3) is 4.92. The number of nitrogens with two attached hydrogens (primary N) is 2. The van der Waals surface area contributed by atoms with E-state index in [0.717, 1.165) is 6.07 Å². The molecule has 14 heteroatoms. The number of nitrogens with zero attached hydrogens (tertiary/aromatic N) is 6. The number of halogens is 4. The maximum Gasteiger partial charge on any atom is 0.265 e. The number of rotatable bonds is 7. The molecular weight excluding hydrogens is 520 g/mol. The Bertz CT molecular complexity index is 1620. The highest BCUT2D eigenvalue weighted by molar-refractivity contribution is 5.81. The van der Waals surface area contributed by atoms with Gasteiger partial charge in [-0.2, -0.15) is 0 Å². The molecule has 5 N–H and O–H groups in total. The number of benzene rings is 1. The zero-order valence-corrected chi connectivity index (χ0v) is 20.4. The van der Waals surface area contributed by atoms with Gasteiger partial charge in [0, 0.05) is 24.7 Å². The zero-order chi connectivity index (χ0) is 30.4. The number of imidazole rings is 1. The number of piperidine rings is 1. The molecule has 1 fully saturated rings. The van der Waals surface area contributed by atoms with Crippen LogP contribution in [0.2, 0.25) is 0 Å². The Kier molecular flexibility index (Phi) is 6.03. The molecule has 1 aliphatic rings. The van der Waals surface area contributed by atoms with E-state index in [1.807, 2.05) is 0 Å². The van der Waals surface area contributed by atoms with Crippen LogP contribution in [0.25, 0.3) is 22.4 Å². The summed E-state index contributed by atoms with van der Waals surface area (Å²) in [5, 5.41) is 10.2. The molecule has 0 radical (unpaired) electrons. The van der Waals surface area contributed by atoms with Crippen LogP contribution in [0.1, 0.15) is 22.5 Å². The average molecular weight is 550 g/mol. The van der Waals surface area contributed by atoms with E-state index in [-0.39, 0.29) is 36.6 Å². The van der Waals surface area contributed by atoms with Crippen molar-refractivity contribution in [3.63, 3.8) is 0 Å². The summed E-state index contributed by atoms with van der Waals surface area (Å²) in [5.74, 6) is -2.75. The summed E-state index contributed by atoms with van der Waals surface area (Å²) in [6, 6.07) is 2.87. The predicted molar refractivity (Wildman–Crippen MR) is 135 cm³/mol. The van der Waals surface area contributed by atoms with Crippen LogP contribution in [0.5, 0.6) is 5.75 Å². The smallest absolute Gasteiger partial charge is 0.265 e. The molecule has 0 bridgehead atoms. The van der Waals surface area contributed by atoms with Gasteiger partial charge in [0.25, 0.3) is 6.43 Å². The SMILES string of the molecule is [2H]C([2H])([2H])Oc1cc(F)c(-c2cc(Cn3cnc4c(N)ncnc43)c(N3CCC[C@](N)([C@H](O)C(F)F)C3)cn2)cc1F. The first-order valence-electron chi connectivity index (χ1n) is 13.3. The van der Waals surface area contributed by atoms with Crippen LogP contribution < -0.4 is 21.1 Å². The summed E-state index contributed by atoms with van der Waals surface area (Å²) in [6.07, 6.45) is -0.469. The van der Waals surface area contributed by atoms with Crippen LogP contribution in [0, 0.1) is 11.6 Å². The Hall–Kier alpha value is -4.04. The number of fused-ring (bicyclic) bond motifs is 1. The van der Waals surface area contributed by atoms with Crippen molar-refractivity contribution in [2.45, 2.75) is 37.5 Å². The first kappa shape index (κ1) is 22.9. The molecule has 4 aromatic rings. The highest BCUT2D eigenvalue weighted by Gasteiger charge is 2.43. The molecule has 1 aliphatic heterocycles. The molecule has 0 amide bonds. The summed E-state index contributed by atoms with van der Waals surface area (Å²) in [6.45, 7) is 0.330. The largest absolute Gasteiger partial charge is 0.494 e. The van der Waals surface area contributed by atoms with Crippen LogP contribution >= 0.6 is 0 Å². The molecule has 1 aromatic carbocycles. The number of hydrogen-bond acceptors (Lipinski definition) is 9. The molecule has 5 rings (SSSR count). The lowest BCUT2D eigenvalue weighted by molar-refractivity contribution is -0.0529. The van der Waals surface area contributed by atoms with Gasteiger partial charge in [-0.3, -0.25) is 4.98 Å². The van der Waals surface area contributed by atoms with Crippen molar-refractivity contribution < 1.29 is 31.5 Å². The van der Waals surface area contributed by atoms with Crippen LogP contribution in [0.3, 0.4) is 0 Å². The molecule has 0 saturated carbocycles. The van der Waals surface area contributed by atoms with Gasteiger partial charge in [0.05, 0.1) is 47.1 Å². The van der Waals surface area contributed by atoms with E-state index in [2.05, 4.69) is 24.7 Å². The van der Waals surface area contributed by atoms with Crippen molar-refractivity contribution in [1.29, 1.82) is 0 Å². The first-order valence-corrected chi connectivity index (χ1v) is 11.8. The Morgan fingerprint density at radius 3 is 2.77 bits per heavy atom. The normalized spacial score (nSPS) is 20.1. The minimum Gasteiger partial charge on any atom is -0.494 e. The van der Waals surface area contributed by atoms with E-state index in [1.54, 1.807) is 9.47 Å². The Morgan fingerprint density at radius 1 is 1.18 bits per heavy atom. The number of anilines is 2. The van der Waals surface area contributed by atoms with Gasteiger partial charge < -0.3 is 30.8 Å². The van der Waals surface area contributed by atoms with E-state index in [1.165, 1.54) is 24.9 Å². The molecule has 0 spiro atoms. The van der Waals surface area contributed by atoms with E-state index in [0.29, 0.717) is 41.4 Å². The lowest BCUT2D eigenvalue weighted by Crippen LogP contribution is -2.63. The van der Waals surface area contributed by atoms with Crippen molar-refractivity contribution in [2.24, 2.45) is 5.73 Å². The van der Waals surface area contributed by atoms with Crippen molar-refractivity contribution >= 4 is 22.7 Å². The van der Waals surface area contributed by atoms with Crippen molar-refractivity contribution in [3.8, 4) is 17.0 Å². The highest BCUT2D eigenvalue weighted by Crippen LogP contribution is 2.34. The van der Waals surface area contributed by atoms with Gasteiger partial charge >= 0.3 is 0 Å². The number of nitrogen functional groups attached to an aromatic ring is 1. The summed E-state index contributed by atoms with van der Waals surface area (Å²) >= 11 is 0. The second kappa shape index (κ2) is 10.3. The Balaban J connectivity index is 1.58. The van der Waals surface area contributed by atoms with Gasteiger partial charge in [0.1, 0.15) is 23.8 Å². The third-order valence-electron chi connectivity index (χ3n) is 6.87. The Labute approximate surface area is 224 Å². The van der Waals surface area contributed by atoms with E-state index < -0.39 is 42.5 Å². The number of alkyl halides is 2. The van der Waals surface area contributed by atoms with E-state index in [9.17, 15) is 18.3 Å². The third-order valence-corrected chi connectivity index (χ3v) is 6.87. The number of aromatic nitrogens is 5. The molecule has 0 unspecified atom stereocenters. The van der Waals surface area contributed by atoms with Gasteiger partial charge in [0.2, 0.25) is 0 Å². The van der Waals surface area contributed by atoms with Crippen LogP contribution in [-0.4, -0.2) is 67.8 Å². The second-order valence-electron chi connectivity index (χ2n) is 9.40. The topological polar surface area (TPSA) is 141 Å². The maximum absolute atomic E-state index is 15.1. The van der Waals surface area contributed by atoms with Crippen LogP contribution in [0.4, 0.5) is 29.1 Å². The number of pyridine rings is 1. The van der Waals surface area contributed by atoms with Gasteiger partial charge in [-0.1, -0.05) is 0 Å². The summed E-state index contributed by atoms with van der Waals surface area (Å²) in [7, 11) is -2.99. The van der Waals surface area contributed by atoms with Gasteiger partial charge in [-0.15, -0.1) is 0 Å². The molecule has 10 nitrogen and oxygen atoms in total. The van der Waals surface area contributed by atoms with Gasteiger partial charge in [0.15, 0.2) is 23.0 Å². The molecule has 4 heterocycles. The van der Waals surface area contributed by atoms with Crippen molar-refractivity contribution in [3.05, 3.63) is 54.2 Å². The number of aliphatic hydroxyl groups excluding tert-OH is 1. The van der Waals surface area contributed by atoms with Gasteiger partial charge in [-0.05, 0) is 30.5 Å². The summed E-state index contributed by atoms with van der Waals surface area (Å²) < 4.78 is 84.4. The maximum atomic E-state index is 15.1. The van der Waals surface area contributed by atoms with E-state index >= 15 is 4.39 Å². The standard InChI is InChI=1S/C25H26F4N8O2/c1-39-19-7-15(26)14(6-16(19)27)17-5-13(9-37-12-35-20-23(30)33-11-34-24(20)37)18(8-32-17)36-4-2-3-25(31,10-36)21(38)22(28)29/h5-8,11-12,21-22,38H,2-4,9-10,31H2,1H3,(H2,30,33,34)/t21-,25-/m1/s1/i1D3. The lowest BCUT2D eigenvalue weighted by Gasteiger charge is -2.44. The fraction of sp³-hybridized carbons (Fsp3) is 0.360. The van der Waals surface area contributed by atoms with Crippen molar-refractivity contribution in [1.82, 2.24) is 24.5 Å². The fourth-order valence-electron chi connectivity index (χ4n) is 4.86.